The van der Waals surface area contributed by atoms with E-state index in [1.54, 1.807) is 23.8 Å². The van der Waals surface area contributed by atoms with Gasteiger partial charge in [-0.1, -0.05) is 23.7 Å². The molecule has 2 aromatic heterocycles. The molecule has 0 radical (unpaired) electrons. The van der Waals surface area contributed by atoms with Crippen molar-refractivity contribution in [3.63, 3.8) is 0 Å². The van der Waals surface area contributed by atoms with E-state index >= 15 is 0 Å². The summed E-state index contributed by atoms with van der Waals surface area (Å²) in [5.74, 6) is 0.689. The largest absolute Gasteiger partial charge is 0.463 e. The zero-order valence-electron chi connectivity index (χ0n) is 11.6. The molecule has 0 atom stereocenters. The van der Waals surface area contributed by atoms with E-state index in [9.17, 15) is 0 Å². The van der Waals surface area contributed by atoms with Crippen molar-refractivity contribution in [2.45, 2.75) is 6.92 Å². The van der Waals surface area contributed by atoms with Crippen LogP contribution >= 0.6 is 39.9 Å². The molecule has 3 aromatic rings. The monoisotopic (exact) mass is 397 g/mol. The molecule has 0 aliphatic carbocycles. The summed E-state index contributed by atoms with van der Waals surface area (Å²) in [6.07, 6.45) is 3.21. The van der Waals surface area contributed by atoms with Gasteiger partial charge in [0.1, 0.15) is 5.76 Å². The average Bonchev–Trinajstić information content (AvgIpc) is 3.10. The lowest BCUT2D eigenvalue weighted by Gasteiger charge is -1.98. The summed E-state index contributed by atoms with van der Waals surface area (Å²) in [5, 5.41) is 5.56. The molecule has 0 fully saturated rings. The van der Waals surface area contributed by atoms with Crippen molar-refractivity contribution >= 4 is 51.3 Å². The highest BCUT2D eigenvalue weighted by atomic mass is 79.9. The van der Waals surface area contributed by atoms with Crippen molar-refractivity contribution in [3.05, 3.63) is 58.3 Å². The first-order valence-corrected chi connectivity index (χ1v) is 7.48. The minimum atomic E-state index is 0. The number of aryl methyl sites for hydroxylation is 1. The Morgan fingerprint density at radius 2 is 2.05 bits per heavy atom. The van der Waals surface area contributed by atoms with Crippen LogP contribution in [0, 0.1) is 6.92 Å². The molecule has 0 aliphatic rings. The smallest absolute Gasteiger partial charge is 0.204 e. The van der Waals surface area contributed by atoms with Crippen molar-refractivity contribution in [3.8, 4) is 11.3 Å². The zero-order valence-corrected chi connectivity index (χ0v) is 14.9. The number of nitrogens with zero attached hydrogens (tertiary/aromatic N) is 2. The van der Waals surface area contributed by atoms with Gasteiger partial charge < -0.3 is 4.42 Å². The van der Waals surface area contributed by atoms with Gasteiger partial charge in [-0.2, -0.15) is 5.10 Å². The van der Waals surface area contributed by atoms with E-state index in [0.717, 1.165) is 21.3 Å². The second kappa shape index (κ2) is 7.58. The maximum atomic E-state index is 5.90. The van der Waals surface area contributed by atoms with Gasteiger partial charge in [0, 0.05) is 15.5 Å². The van der Waals surface area contributed by atoms with Crippen molar-refractivity contribution in [1.29, 1.82) is 0 Å². The lowest BCUT2D eigenvalue weighted by Crippen LogP contribution is -1.89. The Morgan fingerprint density at radius 3 is 2.73 bits per heavy atom. The highest BCUT2D eigenvalue weighted by molar-refractivity contribution is 8.93. The third-order valence-corrected chi connectivity index (χ3v) is 3.94. The predicted molar refractivity (Wildman–Crippen MR) is 97.5 cm³/mol. The van der Waals surface area contributed by atoms with Crippen LogP contribution in [0.4, 0.5) is 5.13 Å². The molecule has 1 aromatic carbocycles. The molecule has 4 nitrogen and oxygen atoms in total. The minimum absolute atomic E-state index is 0. The van der Waals surface area contributed by atoms with Crippen LogP contribution in [0.2, 0.25) is 5.02 Å². The first-order valence-electron chi connectivity index (χ1n) is 6.28. The topological polar surface area (TPSA) is 50.4 Å². The fourth-order valence-corrected chi connectivity index (χ4v) is 2.75. The molecule has 0 amide bonds. The lowest BCUT2D eigenvalue weighted by molar-refractivity contribution is 0.560. The molecular formula is C15H13BrClN3OS. The average molecular weight is 399 g/mol. The standard InChI is InChI=1S/C15H12ClN3OS.BrH/c1-10-14(11-4-6-12(16)7-5-11)18-15(21-10)19-17-9-13-3-2-8-20-13;/h2-9H,1H3,(H,18,19);1H. The van der Waals surface area contributed by atoms with Crippen LogP contribution in [0.25, 0.3) is 11.3 Å². The van der Waals surface area contributed by atoms with Gasteiger partial charge in [-0.3, -0.25) is 5.43 Å². The third-order valence-electron chi connectivity index (χ3n) is 2.81. The van der Waals surface area contributed by atoms with Crippen molar-refractivity contribution in [2.75, 3.05) is 5.43 Å². The fourth-order valence-electron chi connectivity index (χ4n) is 1.84. The Labute approximate surface area is 147 Å². The van der Waals surface area contributed by atoms with E-state index in [2.05, 4.69) is 15.5 Å². The number of hydrazone groups is 1. The normalized spacial score (nSPS) is 10.6. The van der Waals surface area contributed by atoms with Crippen molar-refractivity contribution in [1.82, 2.24) is 4.98 Å². The lowest BCUT2D eigenvalue weighted by atomic mass is 10.1. The molecule has 0 unspecified atom stereocenters. The first-order chi connectivity index (χ1) is 10.2. The number of halogens is 2. The quantitative estimate of drug-likeness (QED) is 0.473. The number of nitrogens with one attached hydrogen (secondary N) is 1. The van der Waals surface area contributed by atoms with Gasteiger partial charge in [0.25, 0.3) is 0 Å². The number of rotatable bonds is 4. The second-order valence-corrected chi connectivity index (χ2v) is 5.96. The Bertz CT molecular complexity index is 754. The Kier molecular flexibility index (Phi) is 5.76. The number of benzene rings is 1. The Hall–Kier alpha value is -1.63. The highest BCUT2D eigenvalue weighted by Crippen LogP contribution is 2.30. The predicted octanol–water partition coefficient (Wildman–Crippen LogP) is 5.39. The van der Waals surface area contributed by atoms with Crippen molar-refractivity contribution < 1.29 is 4.42 Å². The third kappa shape index (κ3) is 3.97. The summed E-state index contributed by atoms with van der Waals surface area (Å²) >= 11 is 7.45. The summed E-state index contributed by atoms with van der Waals surface area (Å²) in [6.45, 7) is 2.03. The number of thiazole rings is 1. The van der Waals surface area contributed by atoms with E-state index in [0.29, 0.717) is 10.8 Å². The molecule has 0 aliphatic heterocycles. The van der Waals surface area contributed by atoms with Crippen LogP contribution < -0.4 is 5.43 Å². The van der Waals surface area contributed by atoms with E-state index in [-0.39, 0.29) is 17.0 Å². The van der Waals surface area contributed by atoms with Gasteiger partial charge in [0.05, 0.1) is 18.2 Å². The van der Waals surface area contributed by atoms with E-state index < -0.39 is 0 Å². The summed E-state index contributed by atoms with van der Waals surface area (Å²) in [5.41, 5.74) is 4.89. The van der Waals surface area contributed by atoms with Gasteiger partial charge >= 0.3 is 0 Å². The highest BCUT2D eigenvalue weighted by Gasteiger charge is 2.09. The first kappa shape index (κ1) is 16.7. The molecule has 2 heterocycles. The molecule has 0 bridgehead atoms. The van der Waals surface area contributed by atoms with Gasteiger partial charge in [0.15, 0.2) is 0 Å². The van der Waals surface area contributed by atoms with E-state index in [1.807, 2.05) is 43.3 Å². The Balaban J connectivity index is 0.00000176. The molecule has 3 rings (SSSR count). The minimum Gasteiger partial charge on any atom is -0.463 e. The van der Waals surface area contributed by atoms with Gasteiger partial charge in [-0.05, 0) is 31.2 Å². The van der Waals surface area contributed by atoms with Crippen LogP contribution in [0.5, 0.6) is 0 Å². The maximum Gasteiger partial charge on any atom is 0.204 e. The molecule has 22 heavy (non-hydrogen) atoms. The number of furan rings is 1. The Morgan fingerprint density at radius 1 is 1.27 bits per heavy atom. The molecule has 1 N–H and O–H groups in total. The summed E-state index contributed by atoms with van der Waals surface area (Å²) in [7, 11) is 0. The SMILES string of the molecule is Br.Cc1sc(NN=Cc2ccco2)nc1-c1ccc(Cl)cc1. The summed E-state index contributed by atoms with van der Waals surface area (Å²) in [6, 6.07) is 11.3. The van der Waals surface area contributed by atoms with Crippen LogP contribution in [0.15, 0.2) is 52.2 Å². The molecule has 0 saturated carbocycles. The van der Waals surface area contributed by atoms with Gasteiger partial charge in [0.2, 0.25) is 5.13 Å². The fraction of sp³-hybridized carbons (Fsp3) is 0.0667. The molecule has 0 saturated heterocycles. The van der Waals surface area contributed by atoms with E-state index in [4.69, 9.17) is 16.0 Å². The van der Waals surface area contributed by atoms with Crippen LogP contribution in [-0.4, -0.2) is 11.2 Å². The van der Waals surface area contributed by atoms with Crippen LogP contribution in [0.3, 0.4) is 0 Å². The zero-order chi connectivity index (χ0) is 14.7. The summed E-state index contributed by atoms with van der Waals surface area (Å²) < 4.78 is 5.16. The van der Waals surface area contributed by atoms with Crippen LogP contribution in [0.1, 0.15) is 10.6 Å². The number of aromatic nitrogens is 1. The van der Waals surface area contributed by atoms with Crippen molar-refractivity contribution in [2.24, 2.45) is 5.10 Å². The van der Waals surface area contributed by atoms with Gasteiger partial charge in [-0.15, -0.1) is 28.3 Å². The second-order valence-electron chi connectivity index (χ2n) is 4.32. The molecular weight excluding hydrogens is 386 g/mol. The number of anilines is 1. The number of hydrogen-bond donors (Lipinski definition) is 1. The molecule has 7 heteroatoms. The van der Waals surface area contributed by atoms with E-state index in [1.165, 1.54) is 0 Å². The molecule has 0 spiro atoms. The number of hydrogen-bond acceptors (Lipinski definition) is 5. The van der Waals surface area contributed by atoms with Crippen LogP contribution in [-0.2, 0) is 0 Å². The van der Waals surface area contributed by atoms with Gasteiger partial charge in [-0.25, -0.2) is 4.98 Å². The summed E-state index contributed by atoms with van der Waals surface area (Å²) in [4.78, 5) is 5.67. The maximum absolute atomic E-state index is 5.90. The molecule has 114 valence electrons.